The lowest BCUT2D eigenvalue weighted by Crippen LogP contribution is -2.46. The maximum Gasteiger partial charge on any atom is 0.234 e. The van der Waals surface area contributed by atoms with Crippen molar-refractivity contribution in [2.24, 2.45) is 0 Å². The minimum absolute atomic E-state index is 0.0492. The first-order valence-electron chi connectivity index (χ1n) is 8.43. The van der Waals surface area contributed by atoms with Crippen LogP contribution >= 0.6 is 11.6 Å². The van der Waals surface area contributed by atoms with Gasteiger partial charge in [0.05, 0.1) is 6.54 Å². The van der Waals surface area contributed by atoms with E-state index >= 15 is 0 Å². The third-order valence-electron chi connectivity index (χ3n) is 4.01. The van der Waals surface area contributed by atoms with Crippen LogP contribution in [0.2, 0.25) is 5.02 Å². The number of halogens is 2. The largest absolute Gasteiger partial charge is 0.350 e. The molecule has 1 fully saturated rings. The highest BCUT2D eigenvalue weighted by atomic mass is 35.5. The molecular weight excluding hydrogens is 329 g/mol. The van der Waals surface area contributed by atoms with Gasteiger partial charge in [-0.25, -0.2) is 4.39 Å². The lowest BCUT2D eigenvalue weighted by Gasteiger charge is -2.25. The Morgan fingerprint density at radius 3 is 2.54 bits per heavy atom. The highest BCUT2D eigenvalue weighted by Gasteiger charge is 2.20. The summed E-state index contributed by atoms with van der Waals surface area (Å²) in [6.07, 6.45) is 0.953. The molecule has 1 N–H and O–H groups in total. The summed E-state index contributed by atoms with van der Waals surface area (Å²) < 4.78 is 13.9. The number of carbonyl (C=O) groups excluding carboxylic acids is 1. The molecule has 1 aromatic carbocycles. The van der Waals surface area contributed by atoms with Crippen molar-refractivity contribution < 1.29 is 9.18 Å². The molecule has 0 spiro atoms. The Morgan fingerprint density at radius 1 is 1.21 bits per heavy atom. The number of nitrogens with zero attached hydrogens (tertiary/aromatic N) is 2. The molecule has 1 amide bonds. The summed E-state index contributed by atoms with van der Waals surface area (Å²) in [4.78, 5) is 16.4. The second-order valence-corrected chi connectivity index (χ2v) is 7.81. The number of carbonyl (C=O) groups is 1. The van der Waals surface area contributed by atoms with Crippen molar-refractivity contribution in [3.8, 4) is 0 Å². The molecule has 1 aromatic rings. The van der Waals surface area contributed by atoms with E-state index in [0.717, 1.165) is 32.6 Å². The van der Waals surface area contributed by atoms with Crippen LogP contribution in [0.4, 0.5) is 4.39 Å². The van der Waals surface area contributed by atoms with Gasteiger partial charge in [0.25, 0.3) is 0 Å². The Hall–Kier alpha value is -1.17. The average molecular weight is 356 g/mol. The molecule has 0 unspecified atom stereocenters. The molecule has 2 rings (SSSR count). The Bertz CT molecular complexity index is 554. The van der Waals surface area contributed by atoms with Gasteiger partial charge in [-0.15, -0.1) is 0 Å². The van der Waals surface area contributed by atoms with Crippen LogP contribution in [0, 0.1) is 5.82 Å². The van der Waals surface area contributed by atoms with E-state index in [2.05, 4.69) is 15.1 Å². The predicted molar refractivity (Wildman–Crippen MR) is 95.6 cm³/mol. The zero-order valence-corrected chi connectivity index (χ0v) is 15.5. The average Bonchev–Trinajstić information content (AvgIpc) is 2.66. The van der Waals surface area contributed by atoms with E-state index in [1.54, 1.807) is 12.1 Å². The number of rotatable bonds is 4. The van der Waals surface area contributed by atoms with Gasteiger partial charge in [-0.2, -0.15) is 0 Å². The Balaban J connectivity index is 1.88. The van der Waals surface area contributed by atoms with Crippen molar-refractivity contribution in [3.63, 3.8) is 0 Å². The van der Waals surface area contributed by atoms with Gasteiger partial charge in [0.2, 0.25) is 5.91 Å². The molecular formula is C18H27ClFN3O. The van der Waals surface area contributed by atoms with Crippen LogP contribution < -0.4 is 5.32 Å². The predicted octanol–water partition coefficient (Wildman–Crippen LogP) is 2.90. The maximum absolute atomic E-state index is 13.9. The molecule has 0 atom stereocenters. The molecule has 1 aliphatic rings. The van der Waals surface area contributed by atoms with E-state index in [0.29, 0.717) is 23.7 Å². The number of amides is 1. The van der Waals surface area contributed by atoms with Gasteiger partial charge in [-0.1, -0.05) is 17.7 Å². The van der Waals surface area contributed by atoms with Crippen LogP contribution in [0.15, 0.2) is 18.2 Å². The van der Waals surface area contributed by atoms with E-state index in [9.17, 15) is 9.18 Å². The molecule has 1 heterocycles. The summed E-state index contributed by atoms with van der Waals surface area (Å²) in [6, 6.07) is 4.79. The lowest BCUT2D eigenvalue weighted by molar-refractivity contribution is -0.123. The quantitative estimate of drug-likeness (QED) is 0.902. The van der Waals surface area contributed by atoms with E-state index in [-0.39, 0.29) is 17.3 Å². The molecule has 4 nitrogen and oxygen atoms in total. The fourth-order valence-electron chi connectivity index (χ4n) is 2.91. The molecule has 6 heteroatoms. The van der Waals surface area contributed by atoms with Crippen molar-refractivity contribution in [3.05, 3.63) is 34.6 Å². The van der Waals surface area contributed by atoms with Gasteiger partial charge in [-0.3, -0.25) is 14.6 Å². The molecule has 1 saturated heterocycles. The molecule has 0 bridgehead atoms. The van der Waals surface area contributed by atoms with Gasteiger partial charge in [-0.05, 0) is 52.4 Å². The van der Waals surface area contributed by atoms with Gasteiger partial charge in [0, 0.05) is 35.8 Å². The molecule has 0 aliphatic carbocycles. The zero-order chi connectivity index (χ0) is 17.7. The molecule has 0 saturated carbocycles. The number of hydrogen-bond acceptors (Lipinski definition) is 3. The first-order valence-corrected chi connectivity index (χ1v) is 8.81. The summed E-state index contributed by atoms with van der Waals surface area (Å²) in [5.74, 6) is -0.207. The summed E-state index contributed by atoms with van der Waals surface area (Å²) in [6.45, 7) is 10.2. The maximum atomic E-state index is 13.9. The van der Waals surface area contributed by atoms with Crippen LogP contribution in [0.1, 0.15) is 32.8 Å². The summed E-state index contributed by atoms with van der Waals surface area (Å²) in [5, 5.41) is 3.46. The van der Waals surface area contributed by atoms with E-state index in [1.165, 1.54) is 6.07 Å². The van der Waals surface area contributed by atoms with Crippen molar-refractivity contribution in [1.29, 1.82) is 0 Å². The van der Waals surface area contributed by atoms with E-state index in [4.69, 9.17) is 11.6 Å². The summed E-state index contributed by atoms with van der Waals surface area (Å²) >= 11 is 6.12. The number of benzene rings is 1. The van der Waals surface area contributed by atoms with Gasteiger partial charge >= 0.3 is 0 Å². The van der Waals surface area contributed by atoms with Crippen molar-refractivity contribution in [2.75, 3.05) is 32.7 Å². The van der Waals surface area contributed by atoms with Crippen LogP contribution in [0.5, 0.6) is 0 Å². The highest BCUT2D eigenvalue weighted by molar-refractivity contribution is 6.31. The van der Waals surface area contributed by atoms with E-state index < -0.39 is 0 Å². The molecule has 0 radical (unpaired) electrons. The third-order valence-corrected chi connectivity index (χ3v) is 4.36. The van der Waals surface area contributed by atoms with Crippen LogP contribution in [-0.2, 0) is 11.3 Å². The normalized spacial score (nSPS) is 17.5. The first kappa shape index (κ1) is 19.2. The third kappa shape index (κ3) is 6.04. The molecule has 134 valence electrons. The fourth-order valence-corrected chi connectivity index (χ4v) is 3.13. The summed E-state index contributed by atoms with van der Waals surface area (Å²) in [7, 11) is 0. The number of nitrogens with one attached hydrogen (secondary N) is 1. The standard InChI is InChI=1S/C18H27ClFN3O/c1-18(2,3)21-17(24)13-23-9-5-8-22(10-11-23)12-14-15(19)6-4-7-16(14)20/h4,6-7H,5,8-13H2,1-3H3,(H,21,24). The van der Waals surface area contributed by atoms with Crippen molar-refractivity contribution in [1.82, 2.24) is 15.1 Å². The Morgan fingerprint density at radius 2 is 1.88 bits per heavy atom. The monoisotopic (exact) mass is 355 g/mol. The molecule has 0 aromatic heterocycles. The van der Waals surface area contributed by atoms with Crippen LogP contribution in [-0.4, -0.2) is 54.0 Å². The SMILES string of the molecule is CC(C)(C)NC(=O)CN1CCCN(Cc2c(F)cccc2Cl)CC1. The van der Waals surface area contributed by atoms with Gasteiger partial charge < -0.3 is 5.32 Å². The van der Waals surface area contributed by atoms with Crippen LogP contribution in [0.3, 0.4) is 0 Å². The Kier molecular flexibility index (Phi) is 6.61. The number of hydrogen-bond donors (Lipinski definition) is 1. The summed E-state index contributed by atoms with van der Waals surface area (Å²) in [5.41, 5.74) is 0.342. The van der Waals surface area contributed by atoms with Crippen molar-refractivity contribution in [2.45, 2.75) is 39.3 Å². The highest BCUT2D eigenvalue weighted by Crippen LogP contribution is 2.21. The molecule has 1 aliphatic heterocycles. The Labute approximate surface area is 149 Å². The minimum Gasteiger partial charge on any atom is -0.350 e. The van der Waals surface area contributed by atoms with Crippen molar-refractivity contribution >= 4 is 17.5 Å². The van der Waals surface area contributed by atoms with Crippen LogP contribution in [0.25, 0.3) is 0 Å². The topological polar surface area (TPSA) is 35.6 Å². The van der Waals surface area contributed by atoms with Gasteiger partial charge in [0.1, 0.15) is 5.82 Å². The second kappa shape index (κ2) is 8.28. The zero-order valence-electron chi connectivity index (χ0n) is 14.7. The molecule has 24 heavy (non-hydrogen) atoms. The second-order valence-electron chi connectivity index (χ2n) is 7.40. The minimum atomic E-state index is -0.256. The first-order chi connectivity index (χ1) is 11.2. The van der Waals surface area contributed by atoms with E-state index in [1.807, 2.05) is 20.8 Å². The lowest BCUT2D eigenvalue weighted by atomic mass is 10.1. The van der Waals surface area contributed by atoms with Gasteiger partial charge in [0.15, 0.2) is 0 Å². The fraction of sp³-hybridized carbons (Fsp3) is 0.611. The smallest absolute Gasteiger partial charge is 0.234 e.